The summed E-state index contributed by atoms with van der Waals surface area (Å²) in [5, 5.41) is 5.25. The van der Waals surface area contributed by atoms with Crippen molar-refractivity contribution < 1.29 is 4.74 Å². The van der Waals surface area contributed by atoms with Crippen LogP contribution in [0, 0.1) is 0 Å². The van der Waals surface area contributed by atoms with E-state index < -0.39 is 0 Å². The molecule has 4 aromatic rings. The van der Waals surface area contributed by atoms with Crippen molar-refractivity contribution in [2.45, 2.75) is 26.3 Å². The van der Waals surface area contributed by atoms with Crippen LogP contribution in [0.25, 0.3) is 33.2 Å². The third-order valence-corrected chi connectivity index (χ3v) is 5.88. The lowest BCUT2D eigenvalue weighted by Gasteiger charge is -2.10. The van der Waals surface area contributed by atoms with Crippen LogP contribution in [0.5, 0.6) is 5.75 Å². The van der Waals surface area contributed by atoms with Crippen LogP contribution in [-0.4, -0.2) is 31.3 Å². The molecule has 0 spiro atoms. The predicted octanol–water partition coefficient (Wildman–Crippen LogP) is 4.65. The molecule has 0 atom stereocenters. The highest BCUT2D eigenvalue weighted by molar-refractivity contribution is 7.15. The fourth-order valence-corrected chi connectivity index (χ4v) is 4.46. The molecule has 0 aliphatic carbocycles. The van der Waals surface area contributed by atoms with Gasteiger partial charge in [0.25, 0.3) is 0 Å². The fraction of sp³-hybridized carbons (Fsp3) is 0.238. The Balaban J connectivity index is 1.64. The van der Waals surface area contributed by atoms with Gasteiger partial charge in [-0.1, -0.05) is 12.1 Å². The summed E-state index contributed by atoms with van der Waals surface area (Å²) in [7, 11) is 0. The summed E-state index contributed by atoms with van der Waals surface area (Å²) in [6, 6.07) is 10.5. The van der Waals surface area contributed by atoms with Gasteiger partial charge in [0, 0.05) is 40.9 Å². The van der Waals surface area contributed by atoms with Crippen molar-refractivity contribution in [2.24, 2.45) is 0 Å². The number of rotatable bonds is 3. The molecule has 0 radical (unpaired) electrons. The van der Waals surface area contributed by atoms with Gasteiger partial charge in [0.2, 0.25) is 0 Å². The van der Waals surface area contributed by atoms with E-state index in [1.54, 1.807) is 23.9 Å². The van der Waals surface area contributed by atoms with Crippen molar-refractivity contribution in [1.29, 1.82) is 0 Å². The van der Waals surface area contributed by atoms with Crippen molar-refractivity contribution in [3.05, 3.63) is 53.9 Å². The van der Waals surface area contributed by atoms with E-state index in [1.807, 2.05) is 23.0 Å². The van der Waals surface area contributed by atoms with Gasteiger partial charge < -0.3 is 4.74 Å². The standard InChI is InChI=1S/C21H19N5OS/c1-13(2)26-20(23-12-24-26)21-25-19-16-10-14(15-4-3-8-22-11-15)5-6-17(16)27-9-7-18(19)28-21/h3-6,8,10-13H,7,9H2,1-2H3. The summed E-state index contributed by atoms with van der Waals surface area (Å²) in [6.45, 7) is 4.84. The molecule has 28 heavy (non-hydrogen) atoms. The highest BCUT2D eigenvalue weighted by Gasteiger charge is 2.23. The fourth-order valence-electron chi connectivity index (χ4n) is 3.42. The van der Waals surface area contributed by atoms with Gasteiger partial charge in [-0.25, -0.2) is 14.6 Å². The zero-order valence-corrected chi connectivity index (χ0v) is 16.5. The summed E-state index contributed by atoms with van der Waals surface area (Å²) in [5.74, 6) is 1.69. The van der Waals surface area contributed by atoms with Crippen LogP contribution in [-0.2, 0) is 6.42 Å². The average Bonchev–Trinajstić information content (AvgIpc) is 3.33. The number of benzene rings is 1. The molecular formula is C21H19N5OS. The number of hydrogen-bond acceptors (Lipinski definition) is 6. The minimum Gasteiger partial charge on any atom is -0.493 e. The van der Waals surface area contributed by atoms with Crippen LogP contribution in [0.15, 0.2) is 49.1 Å². The first-order chi connectivity index (χ1) is 13.7. The maximum Gasteiger partial charge on any atom is 0.187 e. The third-order valence-electron chi connectivity index (χ3n) is 4.77. The highest BCUT2D eigenvalue weighted by atomic mass is 32.1. The SMILES string of the molecule is CC(C)n1ncnc1-c1nc2c(s1)CCOc1ccc(-c3cccnc3)cc1-2. The Morgan fingerprint density at radius 1 is 1.18 bits per heavy atom. The summed E-state index contributed by atoms with van der Waals surface area (Å²) >= 11 is 1.68. The molecule has 0 saturated heterocycles. The smallest absolute Gasteiger partial charge is 0.187 e. The Morgan fingerprint density at radius 3 is 2.93 bits per heavy atom. The zero-order chi connectivity index (χ0) is 19.1. The minimum absolute atomic E-state index is 0.231. The van der Waals surface area contributed by atoms with E-state index >= 15 is 0 Å². The quantitative estimate of drug-likeness (QED) is 0.510. The first-order valence-electron chi connectivity index (χ1n) is 9.28. The number of fused-ring (bicyclic) bond motifs is 3. The Kier molecular flexibility index (Phi) is 4.16. The second kappa shape index (κ2) is 6.83. The molecule has 0 amide bonds. The summed E-state index contributed by atoms with van der Waals surface area (Å²) in [5.41, 5.74) is 4.18. The van der Waals surface area contributed by atoms with Crippen LogP contribution in [0.2, 0.25) is 0 Å². The normalized spacial score (nSPS) is 13.0. The summed E-state index contributed by atoms with van der Waals surface area (Å²) in [6.07, 6.45) is 6.09. The molecule has 0 saturated carbocycles. The number of hydrogen-bond donors (Lipinski definition) is 0. The Labute approximate surface area is 166 Å². The van der Waals surface area contributed by atoms with Gasteiger partial charge in [-0.05, 0) is 37.6 Å². The number of nitrogens with zero attached hydrogens (tertiary/aromatic N) is 5. The van der Waals surface area contributed by atoms with Crippen LogP contribution < -0.4 is 4.74 Å². The topological polar surface area (TPSA) is 65.7 Å². The van der Waals surface area contributed by atoms with Gasteiger partial charge in [0.1, 0.15) is 12.1 Å². The van der Waals surface area contributed by atoms with Crippen molar-refractivity contribution in [1.82, 2.24) is 24.7 Å². The Hall–Kier alpha value is -3.06. The molecule has 0 N–H and O–H groups in total. The second-order valence-corrected chi connectivity index (χ2v) is 8.05. The van der Waals surface area contributed by atoms with Gasteiger partial charge in [-0.3, -0.25) is 4.98 Å². The van der Waals surface area contributed by atoms with Gasteiger partial charge in [-0.15, -0.1) is 11.3 Å². The van der Waals surface area contributed by atoms with Crippen molar-refractivity contribution in [3.63, 3.8) is 0 Å². The van der Waals surface area contributed by atoms with E-state index in [0.29, 0.717) is 6.61 Å². The highest BCUT2D eigenvalue weighted by Crippen LogP contribution is 2.41. The second-order valence-electron chi connectivity index (χ2n) is 6.96. The largest absolute Gasteiger partial charge is 0.493 e. The third kappa shape index (κ3) is 2.88. The maximum absolute atomic E-state index is 5.99. The van der Waals surface area contributed by atoms with Crippen LogP contribution >= 0.6 is 11.3 Å². The van der Waals surface area contributed by atoms with Crippen LogP contribution in [0.3, 0.4) is 0 Å². The lowest BCUT2D eigenvalue weighted by Crippen LogP contribution is -2.04. The van der Waals surface area contributed by atoms with Crippen molar-refractivity contribution in [2.75, 3.05) is 6.61 Å². The van der Waals surface area contributed by atoms with E-state index in [9.17, 15) is 0 Å². The molecule has 7 heteroatoms. The molecule has 140 valence electrons. The van der Waals surface area contributed by atoms with Crippen molar-refractivity contribution in [3.8, 4) is 39.0 Å². The van der Waals surface area contributed by atoms with E-state index in [2.05, 4.69) is 47.1 Å². The summed E-state index contributed by atoms with van der Waals surface area (Å²) < 4.78 is 7.91. The molecule has 0 bridgehead atoms. The van der Waals surface area contributed by atoms with E-state index in [4.69, 9.17) is 9.72 Å². The molecule has 1 aliphatic rings. The maximum atomic E-state index is 5.99. The zero-order valence-electron chi connectivity index (χ0n) is 15.7. The molecule has 0 unspecified atom stereocenters. The van der Waals surface area contributed by atoms with Gasteiger partial charge in [-0.2, -0.15) is 5.10 Å². The minimum atomic E-state index is 0.231. The van der Waals surface area contributed by atoms with E-state index in [-0.39, 0.29) is 6.04 Å². The first-order valence-corrected chi connectivity index (χ1v) is 10.1. The van der Waals surface area contributed by atoms with E-state index in [0.717, 1.165) is 45.4 Å². The first kappa shape index (κ1) is 17.1. The molecule has 6 nitrogen and oxygen atoms in total. The number of ether oxygens (including phenoxy) is 1. The molecule has 0 fully saturated rings. The number of pyridine rings is 1. The Bertz CT molecular complexity index is 1130. The average molecular weight is 389 g/mol. The van der Waals surface area contributed by atoms with Gasteiger partial charge in [0.05, 0.1) is 12.3 Å². The molecule has 1 aliphatic heterocycles. The monoisotopic (exact) mass is 389 g/mol. The van der Waals surface area contributed by atoms with Gasteiger partial charge in [0.15, 0.2) is 10.8 Å². The van der Waals surface area contributed by atoms with E-state index in [1.165, 1.54) is 4.88 Å². The molecule has 3 aromatic heterocycles. The summed E-state index contributed by atoms with van der Waals surface area (Å²) in [4.78, 5) is 14.9. The number of aromatic nitrogens is 5. The van der Waals surface area contributed by atoms with Crippen molar-refractivity contribution >= 4 is 11.3 Å². The van der Waals surface area contributed by atoms with Crippen LogP contribution in [0.4, 0.5) is 0 Å². The molecule has 5 rings (SSSR count). The molecular weight excluding hydrogens is 370 g/mol. The predicted molar refractivity (Wildman–Crippen MR) is 109 cm³/mol. The number of thiazole rings is 1. The van der Waals surface area contributed by atoms with Crippen LogP contribution in [0.1, 0.15) is 24.8 Å². The lowest BCUT2D eigenvalue weighted by atomic mass is 10.0. The van der Waals surface area contributed by atoms with Gasteiger partial charge >= 0.3 is 0 Å². The Morgan fingerprint density at radius 2 is 2.11 bits per heavy atom. The molecule has 4 heterocycles. The lowest BCUT2D eigenvalue weighted by molar-refractivity contribution is 0.327. The molecule has 1 aromatic carbocycles.